The van der Waals surface area contributed by atoms with Crippen LogP contribution in [0, 0.1) is 0 Å². The Kier molecular flexibility index (Phi) is 6.62. The molecule has 0 unspecified atom stereocenters. The highest BCUT2D eigenvalue weighted by Gasteiger charge is 2.36. The first kappa shape index (κ1) is 20.7. The van der Waals surface area contributed by atoms with Crippen LogP contribution in [0.3, 0.4) is 0 Å². The second-order valence-electron chi connectivity index (χ2n) is 7.36. The molecule has 0 atom stereocenters. The largest absolute Gasteiger partial charge is 0.497 e. The monoisotopic (exact) mass is 403 g/mol. The van der Waals surface area contributed by atoms with Crippen molar-refractivity contribution in [3.05, 3.63) is 54.1 Å². The summed E-state index contributed by atoms with van der Waals surface area (Å²) in [5.41, 5.74) is 1.00. The van der Waals surface area contributed by atoms with E-state index in [-0.39, 0.29) is 10.3 Å². The van der Waals surface area contributed by atoms with Crippen molar-refractivity contribution in [1.82, 2.24) is 4.72 Å². The zero-order chi connectivity index (χ0) is 20.0. The summed E-state index contributed by atoms with van der Waals surface area (Å²) in [4.78, 5) is 0.263. The van der Waals surface area contributed by atoms with Crippen LogP contribution in [0.1, 0.15) is 44.6 Å². The van der Waals surface area contributed by atoms with Crippen LogP contribution in [0.5, 0.6) is 11.5 Å². The molecule has 2 aromatic rings. The molecule has 1 saturated carbocycles. The van der Waals surface area contributed by atoms with Gasteiger partial charge in [0.15, 0.2) is 0 Å². The number of methoxy groups -OCH3 is 1. The third-order valence-corrected chi connectivity index (χ3v) is 6.89. The molecule has 28 heavy (non-hydrogen) atoms. The molecule has 0 amide bonds. The highest BCUT2D eigenvalue weighted by Crippen LogP contribution is 2.41. The molecule has 0 spiro atoms. The predicted molar refractivity (Wildman–Crippen MR) is 111 cm³/mol. The van der Waals surface area contributed by atoms with E-state index in [0.29, 0.717) is 18.9 Å². The topological polar surface area (TPSA) is 64.6 Å². The van der Waals surface area contributed by atoms with Crippen LogP contribution < -0.4 is 14.2 Å². The molecule has 2 aromatic carbocycles. The average Bonchev–Trinajstić information content (AvgIpc) is 3.21. The van der Waals surface area contributed by atoms with Crippen molar-refractivity contribution in [3.63, 3.8) is 0 Å². The maximum absolute atomic E-state index is 12.8. The van der Waals surface area contributed by atoms with Crippen LogP contribution >= 0.6 is 0 Å². The number of rotatable bonds is 9. The van der Waals surface area contributed by atoms with E-state index in [1.54, 1.807) is 31.4 Å². The minimum absolute atomic E-state index is 0.163. The van der Waals surface area contributed by atoms with E-state index in [2.05, 4.69) is 16.9 Å². The van der Waals surface area contributed by atoms with E-state index in [1.807, 2.05) is 19.1 Å². The first-order chi connectivity index (χ1) is 13.5. The van der Waals surface area contributed by atoms with E-state index < -0.39 is 10.0 Å². The van der Waals surface area contributed by atoms with Gasteiger partial charge in [0.25, 0.3) is 0 Å². The highest BCUT2D eigenvalue weighted by molar-refractivity contribution is 7.89. The van der Waals surface area contributed by atoms with Gasteiger partial charge in [-0.05, 0) is 61.2 Å². The van der Waals surface area contributed by atoms with Gasteiger partial charge in [-0.3, -0.25) is 0 Å². The van der Waals surface area contributed by atoms with Crippen molar-refractivity contribution in [2.24, 2.45) is 0 Å². The second kappa shape index (κ2) is 8.97. The fraction of sp³-hybridized carbons (Fsp3) is 0.455. The molecule has 6 heteroatoms. The molecule has 1 aliphatic rings. The van der Waals surface area contributed by atoms with Gasteiger partial charge in [-0.25, -0.2) is 13.1 Å². The summed E-state index contributed by atoms with van der Waals surface area (Å²) in [5.74, 6) is 1.49. The molecular formula is C22H29NO4S. The number of nitrogens with one attached hydrogen (secondary N) is 1. The molecule has 0 bridgehead atoms. The van der Waals surface area contributed by atoms with E-state index >= 15 is 0 Å². The van der Waals surface area contributed by atoms with Crippen molar-refractivity contribution in [2.75, 3.05) is 20.3 Å². The molecule has 0 aliphatic heterocycles. The van der Waals surface area contributed by atoms with Crippen molar-refractivity contribution in [3.8, 4) is 11.5 Å². The first-order valence-electron chi connectivity index (χ1n) is 9.86. The van der Waals surface area contributed by atoms with Gasteiger partial charge in [-0.2, -0.15) is 0 Å². The Morgan fingerprint density at radius 1 is 0.964 bits per heavy atom. The molecule has 0 heterocycles. The third kappa shape index (κ3) is 4.67. The number of hydrogen-bond donors (Lipinski definition) is 1. The maximum Gasteiger partial charge on any atom is 0.240 e. The predicted octanol–water partition coefficient (Wildman–Crippen LogP) is 4.27. The van der Waals surface area contributed by atoms with Gasteiger partial charge >= 0.3 is 0 Å². The maximum atomic E-state index is 12.8. The van der Waals surface area contributed by atoms with Gasteiger partial charge in [0, 0.05) is 12.0 Å². The van der Waals surface area contributed by atoms with Gasteiger partial charge in [-0.15, -0.1) is 0 Å². The van der Waals surface area contributed by atoms with E-state index in [9.17, 15) is 8.42 Å². The van der Waals surface area contributed by atoms with E-state index in [4.69, 9.17) is 9.47 Å². The number of hydrogen-bond acceptors (Lipinski definition) is 4. The molecule has 0 saturated heterocycles. The molecule has 1 N–H and O–H groups in total. The molecule has 152 valence electrons. The lowest BCUT2D eigenvalue weighted by atomic mass is 9.79. The normalized spacial score (nSPS) is 16.1. The average molecular weight is 404 g/mol. The Labute approximate surface area is 168 Å². The molecular weight excluding hydrogens is 374 g/mol. The summed E-state index contributed by atoms with van der Waals surface area (Å²) in [6, 6.07) is 14.6. The fourth-order valence-corrected chi connectivity index (χ4v) is 4.94. The van der Waals surface area contributed by atoms with Crippen LogP contribution in [0.2, 0.25) is 0 Å². The van der Waals surface area contributed by atoms with Crippen LogP contribution in [0.15, 0.2) is 53.4 Å². The van der Waals surface area contributed by atoms with Crippen LogP contribution in [0.4, 0.5) is 0 Å². The number of ether oxygens (including phenoxy) is 2. The molecule has 0 radical (unpaired) electrons. The molecule has 0 aromatic heterocycles. The minimum Gasteiger partial charge on any atom is -0.497 e. The summed E-state index contributed by atoms with van der Waals surface area (Å²) in [5, 5.41) is 0. The lowest BCUT2D eigenvalue weighted by Crippen LogP contribution is -2.39. The Balaban J connectivity index is 1.73. The Hall–Kier alpha value is -2.05. The van der Waals surface area contributed by atoms with Gasteiger partial charge < -0.3 is 9.47 Å². The summed E-state index contributed by atoms with van der Waals surface area (Å²) in [7, 11) is -1.93. The minimum atomic E-state index is -3.57. The van der Waals surface area contributed by atoms with Gasteiger partial charge in [0.05, 0.1) is 18.6 Å². The Bertz CT molecular complexity index is 854. The molecule has 3 rings (SSSR count). The second-order valence-corrected chi connectivity index (χ2v) is 9.13. The van der Waals surface area contributed by atoms with E-state index in [0.717, 1.165) is 43.4 Å². The third-order valence-electron chi connectivity index (χ3n) is 5.47. The smallest absolute Gasteiger partial charge is 0.240 e. The van der Waals surface area contributed by atoms with E-state index in [1.165, 1.54) is 0 Å². The molecule has 1 aliphatic carbocycles. The van der Waals surface area contributed by atoms with Gasteiger partial charge in [0.1, 0.15) is 11.5 Å². The lowest BCUT2D eigenvalue weighted by Gasteiger charge is -2.30. The summed E-state index contributed by atoms with van der Waals surface area (Å²) >= 11 is 0. The van der Waals surface area contributed by atoms with Gasteiger partial charge in [-0.1, -0.05) is 31.9 Å². The molecule has 1 fully saturated rings. The standard InChI is InChI=1S/C22H29NO4S/c1-3-16-27-20-10-12-21(13-11-20)28(24,25)23-17-22(14-4-5-15-22)18-6-8-19(26-2)9-7-18/h6-13,23H,3-5,14-17H2,1-2H3. The van der Waals surface area contributed by atoms with Gasteiger partial charge in [0.2, 0.25) is 10.0 Å². The summed E-state index contributed by atoms with van der Waals surface area (Å²) < 4.78 is 39.3. The van der Waals surface area contributed by atoms with Crippen LogP contribution in [0.25, 0.3) is 0 Å². The number of benzene rings is 2. The SMILES string of the molecule is CCCOc1ccc(S(=O)(=O)NCC2(c3ccc(OC)cc3)CCCC2)cc1. The quantitative estimate of drug-likeness (QED) is 0.679. The zero-order valence-electron chi connectivity index (χ0n) is 16.6. The lowest BCUT2D eigenvalue weighted by molar-refractivity contribution is 0.317. The summed E-state index contributed by atoms with van der Waals surface area (Å²) in [6.45, 7) is 3.05. The highest BCUT2D eigenvalue weighted by atomic mass is 32.2. The Morgan fingerprint density at radius 3 is 2.14 bits per heavy atom. The van der Waals surface area contributed by atoms with Crippen molar-refractivity contribution in [1.29, 1.82) is 0 Å². The Morgan fingerprint density at radius 2 is 1.57 bits per heavy atom. The molecule has 5 nitrogen and oxygen atoms in total. The van der Waals surface area contributed by atoms with Crippen molar-refractivity contribution in [2.45, 2.75) is 49.3 Å². The zero-order valence-corrected chi connectivity index (χ0v) is 17.4. The van der Waals surface area contributed by atoms with Crippen LogP contribution in [-0.4, -0.2) is 28.7 Å². The fourth-order valence-electron chi connectivity index (χ4n) is 3.82. The summed E-state index contributed by atoms with van der Waals surface area (Å²) in [6.07, 6.45) is 5.08. The number of sulfonamides is 1. The van der Waals surface area contributed by atoms with Crippen molar-refractivity contribution < 1.29 is 17.9 Å². The van der Waals surface area contributed by atoms with Crippen LogP contribution in [-0.2, 0) is 15.4 Å². The van der Waals surface area contributed by atoms with Crippen molar-refractivity contribution >= 4 is 10.0 Å². The first-order valence-corrected chi connectivity index (χ1v) is 11.3.